The van der Waals surface area contributed by atoms with E-state index in [-0.39, 0.29) is 54.0 Å². The molecule has 0 aliphatic carbocycles. The number of esters is 1. The molecule has 0 bridgehead atoms. The number of nitrogens with zero attached hydrogens (tertiary/aromatic N) is 2. The van der Waals surface area contributed by atoms with Gasteiger partial charge in [0.25, 0.3) is 8.32 Å². The minimum absolute atomic E-state index is 0.0293. The highest BCUT2D eigenvalue weighted by molar-refractivity contribution is 6.99. The molecule has 1 unspecified atom stereocenters. The van der Waals surface area contributed by atoms with Crippen molar-refractivity contribution in [1.29, 1.82) is 0 Å². The van der Waals surface area contributed by atoms with Gasteiger partial charge in [-0.2, -0.15) is 0 Å². The molecule has 2 heterocycles. The molecular weight excluding hydrogens is 723 g/mol. The van der Waals surface area contributed by atoms with Gasteiger partial charge in [-0.15, -0.1) is 0 Å². The van der Waals surface area contributed by atoms with Gasteiger partial charge in [-0.3, -0.25) is 19.3 Å². The Morgan fingerprint density at radius 1 is 0.887 bits per heavy atom. The first-order valence-electron chi connectivity index (χ1n) is 19.0. The summed E-state index contributed by atoms with van der Waals surface area (Å²) in [6.07, 6.45) is 2.24. The lowest BCUT2D eigenvalue weighted by Crippen LogP contribution is -2.67. The Bertz CT molecular complexity index is 1690. The van der Waals surface area contributed by atoms with Gasteiger partial charge in [-0.1, -0.05) is 118 Å². The Balaban J connectivity index is 1.44. The monoisotopic (exact) mass is 778 g/mol. The number of ether oxygens (including phenoxy) is 1. The lowest BCUT2D eigenvalue weighted by Gasteiger charge is -2.44. The fourth-order valence-electron chi connectivity index (χ4n) is 8.22. The van der Waals surface area contributed by atoms with E-state index in [0.717, 1.165) is 12.1 Å². The van der Waals surface area contributed by atoms with Crippen LogP contribution in [-0.4, -0.2) is 79.2 Å². The molecule has 2 aliphatic heterocycles. The Morgan fingerprint density at radius 3 is 2.08 bits per heavy atom. The van der Waals surface area contributed by atoms with E-state index in [9.17, 15) is 14.4 Å². The molecule has 4 atom stereocenters. The first kappa shape index (κ1) is 41.2. The number of halogens is 2. The van der Waals surface area contributed by atoms with E-state index in [0.29, 0.717) is 48.4 Å². The van der Waals surface area contributed by atoms with Gasteiger partial charge in [-0.25, -0.2) is 0 Å². The second kappa shape index (κ2) is 17.2. The summed E-state index contributed by atoms with van der Waals surface area (Å²) in [5, 5.41) is 3.13. The van der Waals surface area contributed by atoms with Gasteiger partial charge in [0.2, 0.25) is 5.91 Å². The highest BCUT2D eigenvalue weighted by atomic mass is 35.5. The van der Waals surface area contributed by atoms with Gasteiger partial charge in [0, 0.05) is 32.0 Å². The average Bonchev–Trinajstić information content (AvgIpc) is 3.44. The van der Waals surface area contributed by atoms with Gasteiger partial charge in [0.1, 0.15) is 5.60 Å². The standard InChI is InChI=1S/C43H56Cl2N2O5Si/c1-30-26-38-41(50)46(37(21-23-40(49)52-42(2,3)4)39(48)22-19-31-18-20-35(44)36(45)27-31)25-24-32(47(38)28-30)29-51-53(43(5,6)7,33-14-10-8-11-15-33)34-16-12-9-13-17-34/h8-18,20,27,30,32,37-38H,19,21-26,28-29H2,1-7H3/t30-,32?,37-,38+/m1/s1. The summed E-state index contributed by atoms with van der Waals surface area (Å²) in [7, 11) is -2.83. The van der Waals surface area contributed by atoms with Crippen LogP contribution < -0.4 is 10.4 Å². The molecule has 7 nitrogen and oxygen atoms in total. The quantitative estimate of drug-likeness (QED) is 0.130. The fourth-order valence-corrected chi connectivity index (χ4v) is 13.1. The van der Waals surface area contributed by atoms with E-state index in [1.165, 1.54) is 10.4 Å². The molecule has 3 aromatic rings. The molecule has 53 heavy (non-hydrogen) atoms. The number of ketones is 1. The molecule has 0 radical (unpaired) electrons. The van der Waals surface area contributed by atoms with Crippen LogP contribution in [0.25, 0.3) is 0 Å². The molecule has 3 aromatic carbocycles. The maximum atomic E-state index is 14.6. The molecule has 10 heteroatoms. The Labute approximate surface area is 327 Å². The van der Waals surface area contributed by atoms with Gasteiger partial charge in [0.15, 0.2) is 5.78 Å². The zero-order valence-electron chi connectivity index (χ0n) is 32.4. The number of carbonyl (C=O) groups excluding carboxylic acids is 3. The first-order valence-corrected chi connectivity index (χ1v) is 21.7. The zero-order valence-corrected chi connectivity index (χ0v) is 34.9. The van der Waals surface area contributed by atoms with Gasteiger partial charge >= 0.3 is 5.97 Å². The highest BCUT2D eigenvalue weighted by Crippen LogP contribution is 2.38. The average molecular weight is 780 g/mol. The molecule has 0 saturated carbocycles. The van der Waals surface area contributed by atoms with Crippen LogP contribution in [0.3, 0.4) is 0 Å². The highest BCUT2D eigenvalue weighted by Gasteiger charge is 2.52. The van der Waals surface area contributed by atoms with Crippen LogP contribution in [0.2, 0.25) is 15.1 Å². The number of rotatable bonds is 13. The van der Waals surface area contributed by atoms with Crippen LogP contribution in [-0.2, 0) is 30.0 Å². The summed E-state index contributed by atoms with van der Waals surface area (Å²) in [5.41, 5.74) is 0.235. The SMILES string of the molecule is C[C@@H]1C[C@H]2C(=O)N([C@H](CCC(=O)OC(C)(C)C)C(=O)CCc3ccc(Cl)c(Cl)c3)CCC(CO[Si](c3ccccc3)(c3ccccc3)C(C)(C)C)N2C1. The summed E-state index contributed by atoms with van der Waals surface area (Å²) < 4.78 is 13.1. The van der Waals surface area contributed by atoms with Crippen LogP contribution in [0.5, 0.6) is 0 Å². The molecule has 2 fully saturated rings. The van der Waals surface area contributed by atoms with Crippen LogP contribution in [0.1, 0.15) is 86.1 Å². The third-order valence-corrected chi connectivity index (χ3v) is 16.4. The van der Waals surface area contributed by atoms with E-state index >= 15 is 0 Å². The summed E-state index contributed by atoms with van der Waals surface area (Å²) in [6.45, 7) is 16.1. The van der Waals surface area contributed by atoms with Gasteiger partial charge < -0.3 is 14.1 Å². The molecule has 0 aromatic heterocycles. The van der Waals surface area contributed by atoms with Crippen LogP contribution >= 0.6 is 23.2 Å². The predicted molar refractivity (Wildman–Crippen MR) is 217 cm³/mol. The van der Waals surface area contributed by atoms with Crippen molar-refractivity contribution in [2.75, 3.05) is 19.7 Å². The number of Topliss-reactive ketones (excluding diaryl/α,β-unsaturated/α-hetero) is 1. The molecular formula is C43H56Cl2N2O5Si. The lowest BCUT2D eigenvalue weighted by molar-refractivity contribution is -0.156. The van der Waals surface area contributed by atoms with Crippen LogP contribution in [0.4, 0.5) is 0 Å². The van der Waals surface area contributed by atoms with Crippen molar-refractivity contribution in [3.8, 4) is 0 Å². The number of fused-ring (bicyclic) bond motifs is 1. The predicted octanol–water partition coefficient (Wildman–Crippen LogP) is 7.87. The molecule has 286 valence electrons. The van der Waals surface area contributed by atoms with E-state index < -0.39 is 20.0 Å². The number of amides is 1. The summed E-state index contributed by atoms with van der Waals surface area (Å²) >= 11 is 12.4. The van der Waals surface area contributed by atoms with Crippen molar-refractivity contribution in [2.24, 2.45) is 5.92 Å². The minimum atomic E-state index is -2.83. The Kier molecular flexibility index (Phi) is 13.4. The summed E-state index contributed by atoms with van der Waals surface area (Å²) in [5.74, 6) is -0.188. The minimum Gasteiger partial charge on any atom is -0.460 e. The molecule has 2 saturated heterocycles. The Hall–Kier alpha value is -3.01. The van der Waals surface area contributed by atoms with Crippen molar-refractivity contribution in [2.45, 2.75) is 116 Å². The molecule has 0 spiro atoms. The second-order valence-corrected chi connectivity index (χ2v) is 22.0. The topological polar surface area (TPSA) is 76.1 Å². The summed E-state index contributed by atoms with van der Waals surface area (Å²) in [4.78, 5) is 45.9. The van der Waals surface area contributed by atoms with E-state index in [4.69, 9.17) is 32.4 Å². The van der Waals surface area contributed by atoms with E-state index in [2.05, 4.69) is 81.1 Å². The fraction of sp³-hybridized carbons (Fsp3) is 0.512. The number of carbonyl (C=O) groups is 3. The summed E-state index contributed by atoms with van der Waals surface area (Å²) in [6, 6.07) is 25.4. The van der Waals surface area contributed by atoms with Gasteiger partial charge in [0.05, 0.1) is 28.7 Å². The van der Waals surface area contributed by atoms with E-state index in [1.54, 1.807) is 17.0 Å². The van der Waals surface area contributed by atoms with Crippen molar-refractivity contribution in [1.82, 2.24) is 9.80 Å². The smallest absolute Gasteiger partial charge is 0.306 e. The largest absolute Gasteiger partial charge is 0.460 e. The van der Waals surface area contributed by atoms with Gasteiger partial charge in [-0.05, 0) is 85.5 Å². The molecule has 2 aliphatic rings. The molecule has 1 amide bonds. The zero-order chi connectivity index (χ0) is 38.6. The van der Waals surface area contributed by atoms with Crippen LogP contribution in [0.15, 0.2) is 78.9 Å². The number of aryl methyl sites for hydroxylation is 1. The van der Waals surface area contributed by atoms with E-state index in [1.807, 2.05) is 39.0 Å². The van der Waals surface area contributed by atoms with Crippen molar-refractivity contribution in [3.05, 3.63) is 94.5 Å². The van der Waals surface area contributed by atoms with Crippen molar-refractivity contribution in [3.63, 3.8) is 0 Å². The Morgan fingerprint density at radius 2 is 1.51 bits per heavy atom. The maximum absolute atomic E-state index is 14.6. The number of hydrogen-bond acceptors (Lipinski definition) is 6. The van der Waals surface area contributed by atoms with Crippen LogP contribution in [0, 0.1) is 5.92 Å². The number of hydrogen-bond donors (Lipinski definition) is 0. The molecule has 0 N–H and O–H groups in total. The number of benzene rings is 3. The lowest BCUT2D eigenvalue weighted by atomic mass is 9.97. The third kappa shape index (κ3) is 9.81. The van der Waals surface area contributed by atoms with Crippen molar-refractivity contribution >= 4 is 59.6 Å². The third-order valence-electron chi connectivity index (χ3n) is 10.6. The maximum Gasteiger partial charge on any atom is 0.306 e. The second-order valence-electron chi connectivity index (χ2n) is 16.9. The normalized spacial score (nSPS) is 20.5. The van der Waals surface area contributed by atoms with Crippen molar-refractivity contribution < 1.29 is 23.5 Å². The first-order chi connectivity index (χ1) is 25.0. The molecule has 5 rings (SSSR count).